The van der Waals surface area contributed by atoms with Crippen molar-refractivity contribution in [2.24, 2.45) is 11.8 Å². The van der Waals surface area contributed by atoms with Gasteiger partial charge in [-0.2, -0.15) is 0 Å². The number of nitrogens with one attached hydrogen (secondary N) is 1. The van der Waals surface area contributed by atoms with Crippen molar-refractivity contribution >= 4 is 16.9 Å². The van der Waals surface area contributed by atoms with Gasteiger partial charge in [0.1, 0.15) is 17.8 Å². The van der Waals surface area contributed by atoms with E-state index in [1.165, 1.54) is 0 Å². The summed E-state index contributed by atoms with van der Waals surface area (Å²) in [6.07, 6.45) is 8.66. The van der Waals surface area contributed by atoms with E-state index in [0.717, 1.165) is 29.9 Å². The molecule has 0 spiro atoms. The molecule has 2 fully saturated rings. The first-order valence-electron chi connectivity index (χ1n) is 6.77. The van der Waals surface area contributed by atoms with Gasteiger partial charge in [0.15, 0.2) is 0 Å². The highest BCUT2D eigenvalue weighted by molar-refractivity contribution is 5.87. The fourth-order valence-electron chi connectivity index (χ4n) is 3.81. The number of hydrogen-bond acceptors (Lipinski definition) is 4. The van der Waals surface area contributed by atoms with Crippen molar-refractivity contribution in [2.45, 2.75) is 12.2 Å². The minimum Gasteiger partial charge on any atom is -0.366 e. The third-order valence-corrected chi connectivity index (χ3v) is 4.69. The molecular formula is C14H14N4O. The van der Waals surface area contributed by atoms with Gasteiger partial charge in [-0.05, 0) is 6.07 Å². The van der Waals surface area contributed by atoms with E-state index < -0.39 is 0 Å². The Morgan fingerprint density at radius 3 is 2.74 bits per heavy atom. The van der Waals surface area contributed by atoms with Gasteiger partial charge < -0.3 is 14.6 Å². The smallest absolute Gasteiger partial charge is 0.142 e. The minimum absolute atomic E-state index is 0.323. The van der Waals surface area contributed by atoms with Gasteiger partial charge in [-0.15, -0.1) is 0 Å². The third-order valence-electron chi connectivity index (χ3n) is 4.69. The first-order chi connectivity index (χ1) is 9.40. The standard InChI is InChI=1S/C14H14N4O/c1-2-12-10-6-18(5-9(10)11(1)19-12)14-8-3-4-15-13(8)16-7-17-14/h1-4,7,9-12H,5-6H2,(H,15,16,17). The Morgan fingerprint density at radius 2 is 1.95 bits per heavy atom. The van der Waals surface area contributed by atoms with Crippen LogP contribution in [0, 0.1) is 11.8 Å². The molecule has 19 heavy (non-hydrogen) atoms. The highest BCUT2D eigenvalue weighted by Crippen LogP contribution is 2.44. The maximum atomic E-state index is 5.92. The molecule has 3 aliphatic heterocycles. The van der Waals surface area contributed by atoms with Crippen LogP contribution in [0.15, 0.2) is 30.7 Å². The molecule has 5 heteroatoms. The molecule has 5 heterocycles. The molecule has 2 bridgehead atoms. The lowest BCUT2D eigenvalue weighted by atomic mass is 9.86. The predicted octanol–water partition coefficient (Wildman–Crippen LogP) is 1.35. The molecule has 0 saturated carbocycles. The molecule has 0 radical (unpaired) electrons. The maximum absolute atomic E-state index is 5.92. The first-order valence-corrected chi connectivity index (χ1v) is 6.77. The summed E-state index contributed by atoms with van der Waals surface area (Å²) >= 11 is 0. The molecule has 0 aliphatic carbocycles. The molecule has 5 rings (SSSR count). The third kappa shape index (κ3) is 1.23. The highest BCUT2D eigenvalue weighted by atomic mass is 16.5. The number of hydrogen-bond donors (Lipinski definition) is 1. The molecule has 1 N–H and O–H groups in total. The van der Waals surface area contributed by atoms with E-state index in [4.69, 9.17) is 4.74 Å². The fourth-order valence-corrected chi connectivity index (χ4v) is 3.81. The molecule has 2 aromatic rings. The van der Waals surface area contributed by atoms with Crippen molar-refractivity contribution in [1.82, 2.24) is 15.0 Å². The van der Waals surface area contributed by atoms with Crippen LogP contribution in [0.2, 0.25) is 0 Å². The lowest BCUT2D eigenvalue weighted by Crippen LogP contribution is -2.25. The summed E-state index contributed by atoms with van der Waals surface area (Å²) in [5.41, 5.74) is 0.916. The summed E-state index contributed by atoms with van der Waals surface area (Å²) in [4.78, 5) is 14.3. The molecule has 4 unspecified atom stereocenters. The van der Waals surface area contributed by atoms with Crippen LogP contribution in [0.4, 0.5) is 5.82 Å². The van der Waals surface area contributed by atoms with Crippen LogP contribution in [-0.4, -0.2) is 40.2 Å². The summed E-state index contributed by atoms with van der Waals surface area (Å²) in [5.74, 6) is 2.30. The van der Waals surface area contributed by atoms with Gasteiger partial charge in [-0.1, -0.05) is 12.2 Å². The molecule has 4 atom stereocenters. The SMILES string of the molecule is C1=CC2OC1C1CN(c3ncnc4[nH]ccc34)CC21. The van der Waals surface area contributed by atoms with E-state index in [1.54, 1.807) is 6.33 Å². The monoisotopic (exact) mass is 254 g/mol. The molecular weight excluding hydrogens is 240 g/mol. The minimum atomic E-state index is 0.323. The Bertz CT molecular complexity index is 659. The topological polar surface area (TPSA) is 54.0 Å². The van der Waals surface area contributed by atoms with Crippen molar-refractivity contribution in [3.05, 3.63) is 30.7 Å². The summed E-state index contributed by atoms with van der Waals surface area (Å²) in [5, 5.41) is 1.11. The fraction of sp³-hybridized carbons (Fsp3) is 0.429. The first kappa shape index (κ1) is 9.97. The van der Waals surface area contributed by atoms with Gasteiger partial charge in [-0.3, -0.25) is 0 Å². The van der Waals surface area contributed by atoms with Crippen molar-refractivity contribution in [3.8, 4) is 0 Å². The van der Waals surface area contributed by atoms with Crippen LogP contribution < -0.4 is 4.90 Å². The number of aromatic amines is 1. The maximum Gasteiger partial charge on any atom is 0.142 e. The second kappa shape index (κ2) is 3.36. The van der Waals surface area contributed by atoms with Gasteiger partial charge in [0.2, 0.25) is 0 Å². The van der Waals surface area contributed by atoms with E-state index in [1.807, 2.05) is 6.20 Å². The number of anilines is 1. The van der Waals surface area contributed by atoms with Crippen LogP contribution in [0.25, 0.3) is 11.0 Å². The number of nitrogens with zero attached hydrogens (tertiary/aromatic N) is 3. The van der Waals surface area contributed by atoms with E-state index in [0.29, 0.717) is 24.0 Å². The average molecular weight is 254 g/mol. The number of aromatic nitrogens is 3. The summed E-state index contributed by atoms with van der Waals surface area (Å²) in [7, 11) is 0. The molecule has 96 valence electrons. The van der Waals surface area contributed by atoms with Gasteiger partial charge in [-0.25, -0.2) is 9.97 Å². The molecule has 2 saturated heterocycles. The largest absolute Gasteiger partial charge is 0.366 e. The summed E-state index contributed by atoms with van der Waals surface area (Å²) in [6, 6.07) is 2.06. The normalized spacial score (nSPS) is 35.5. The van der Waals surface area contributed by atoms with E-state index in [9.17, 15) is 0 Å². The zero-order chi connectivity index (χ0) is 12.4. The molecule has 2 aromatic heterocycles. The lowest BCUT2D eigenvalue weighted by Gasteiger charge is -2.20. The van der Waals surface area contributed by atoms with E-state index >= 15 is 0 Å². The summed E-state index contributed by atoms with van der Waals surface area (Å²) < 4.78 is 5.92. The Balaban J connectivity index is 1.54. The molecule has 0 amide bonds. The Hall–Kier alpha value is -1.88. The van der Waals surface area contributed by atoms with E-state index in [2.05, 4.69) is 38.1 Å². The van der Waals surface area contributed by atoms with Crippen molar-refractivity contribution in [3.63, 3.8) is 0 Å². The quantitative estimate of drug-likeness (QED) is 0.780. The second-order valence-electron chi connectivity index (χ2n) is 5.62. The van der Waals surface area contributed by atoms with Gasteiger partial charge >= 0.3 is 0 Å². The van der Waals surface area contributed by atoms with Crippen LogP contribution in [0.3, 0.4) is 0 Å². The van der Waals surface area contributed by atoms with Crippen LogP contribution in [-0.2, 0) is 4.74 Å². The number of rotatable bonds is 1. The van der Waals surface area contributed by atoms with Crippen LogP contribution >= 0.6 is 0 Å². The van der Waals surface area contributed by atoms with Crippen molar-refractivity contribution in [1.29, 1.82) is 0 Å². The van der Waals surface area contributed by atoms with Crippen molar-refractivity contribution in [2.75, 3.05) is 18.0 Å². The number of fused-ring (bicyclic) bond motifs is 6. The second-order valence-corrected chi connectivity index (χ2v) is 5.62. The zero-order valence-corrected chi connectivity index (χ0v) is 10.4. The zero-order valence-electron chi connectivity index (χ0n) is 10.4. The molecule has 0 aromatic carbocycles. The van der Waals surface area contributed by atoms with Crippen LogP contribution in [0.1, 0.15) is 0 Å². The van der Waals surface area contributed by atoms with Gasteiger partial charge in [0.05, 0.1) is 17.6 Å². The van der Waals surface area contributed by atoms with Gasteiger partial charge in [0.25, 0.3) is 0 Å². The number of H-pyrrole nitrogens is 1. The van der Waals surface area contributed by atoms with Gasteiger partial charge in [0, 0.05) is 31.1 Å². The number of ether oxygens (including phenoxy) is 1. The van der Waals surface area contributed by atoms with Crippen LogP contribution in [0.5, 0.6) is 0 Å². The lowest BCUT2D eigenvalue weighted by molar-refractivity contribution is 0.100. The summed E-state index contributed by atoms with van der Waals surface area (Å²) in [6.45, 7) is 2.07. The van der Waals surface area contributed by atoms with E-state index in [-0.39, 0.29) is 0 Å². The Labute approximate surface area is 110 Å². The van der Waals surface area contributed by atoms with Crippen molar-refractivity contribution < 1.29 is 4.74 Å². The Morgan fingerprint density at radius 1 is 1.16 bits per heavy atom. The predicted molar refractivity (Wildman–Crippen MR) is 70.9 cm³/mol. The Kier molecular flexibility index (Phi) is 1.76. The average Bonchev–Trinajstić information content (AvgIpc) is 3.18. The highest BCUT2D eigenvalue weighted by Gasteiger charge is 2.50. The molecule has 5 nitrogen and oxygen atoms in total. The molecule has 3 aliphatic rings.